The molecule has 0 spiro atoms. The molecule has 0 saturated carbocycles. The van der Waals surface area contributed by atoms with Gasteiger partial charge < -0.3 is 4.98 Å². The van der Waals surface area contributed by atoms with Crippen LogP contribution in [0.4, 0.5) is 4.39 Å². The van der Waals surface area contributed by atoms with Crippen LogP contribution in [-0.4, -0.2) is 19.9 Å². The van der Waals surface area contributed by atoms with E-state index >= 15 is 0 Å². The van der Waals surface area contributed by atoms with Gasteiger partial charge in [-0.15, -0.1) is 0 Å². The van der Waals surface area contributed by atoms with Gasteiger partial charge in [-0.2, -0.15) is 0 Å². The maximum absolute atomic E-state index is 13.7. The van der Waals surface area contributed by atoms with Gasteiger partial charge in [-0.25, -0.2) is 19.3 Å². The lowest BCUT2D eigenvalue weighted by Crippen LogP contribution is -1.90. The number of halogens is 2. The lowest BCUT2D eigenvalue weighted by Gasteiger charge is -2.04. The van der Waals surface area contributed by atoms with Gasteiger partial charge in [0.1, 0.15) is 22.7 Å². The Kier molecular flexibility index (Phi) is 3.48. The van der Waals surface area contributed by atoms with E-state index in [0.717, 1.165) is 15.0 Å². The SMILES string of the molecule is Fc1cc(Br)ccc1CSc1ncnc2nc[nH]c12. The number of hydrogen-bond acceptors (Lipinski definition) is 4. The number of aromatic amines is 1. The van der Waals surface area contributed by atoms with E-state index < -0.39 is 0 Å². The van der Waals surface area contributed by atoms with Gasteiger partial charge in [0.2, 0.25) is 0 Å². The van der Waals surface area contributed by atoms with Crippen molar-refractivity contribution in [2.24, 2.45) is 0 Å². The van der Waals surface area contributed by atoms with E-state index in [4.69, 9.17) is 0 Å². The number of fused-ring (bicyclic) bond motifs is 1. The van der Waals surface area contributed by atoms with Crippen molar-refractivity contribution in [2.75, 3.05) is 0 Å². The molecule has 2 aromatic heterocycles. The van der Waals surface area contributed by atoms with Crippen molar-refractivity contribution in [1.82, 2.24) is 19.9 Å². The zero-order valence-electron chi connectivity index (χ0n) is 9.60. The zero-order valence-corrected chi connectivity index (χ0v) is 12.0. The first-order valence-electron chi connectivity index (χ1n) is 5.45. The van der Waals surface area contributed by atoms with Crippen LogP contribution in [0.5, 0.6) is 0 Å². The number of hydrogen-bond donors (Lipinski definition) is 1. The largest absolute Gasteiger partial charge is 0.341 e. The molecule has 96 valence electrons. The van der Waals surface area contributed by atoms with Gasteiger partial charge in [0.05, 0.1) is 6.33 Å². The molecule has 0 aliphatic carbocycles. The van der Waals surface area contributed by atoms with Gasteiger partial charge in [0, 0.05) is 10.2 Å². The molecule has 0 fully saturated rings. The van der Waals surface area contributed by atoms with Crippen LogP contribution in [0, 0.1) is 5.82 Å². The third-order valence-electron chi connectivity index (χ3n) is 2.57. The highest BCUT2D eigenvalue weighted by molar-refractivity contribution is 9.10. The Morgan fingerprint density at radius 2 is 2.16 bits per heavy atom. The van der Waals surface area contributed by atoms with Gasteiger partial charge >= 0.3 is 0 Å². The van der Waals surface area contributed by atoms with E-state index in [9.17, 15) is 4.39 Å². The highest BCUT2D eigenvalue weighted by atomic mass is 79.9. The number of benzene rings is 1. The maximum Gasteiger partial charge on any atom is 0.181 e. The third kappa shape index (κ3) is 2.62. The highest BCUT2D eigenvalue weighted by Gasteiger charge is 2.08. The van der Waals surface area contributed by atoms with Crippen molar-refractivity contribution >= 4 is 38.9 Å². The molecular formula is C12H8BrFN4S. The molecule has 0 radical (unpaired) electrons. The van der Waals surface area contributed by atoms with Crippen LogP contribution in [0.15, 0.2) is 40.4 Å². The number of rotatable bonds is 3. The smallest absolute Gasteiger partial charge is 0.181 e. The fraction of sp³-hybridized carbons (Fsp3) is 0.0833. The molecular weight excluding hydrogens is 331 g/mol. The van der Waals surface area contributed by atoms with Crippen LogP contribution in [0.2, 0.25) is 0 Å². The molecule has 0 aliphatic heterocycles. The lowest BCUT2D eigenvalue weighted by atomic mass is 10.2. The molecule has 7 heteroatoms. The molecule has 0 aliphatic rings. The quantitative estimate of drug-likeness (QED) is 0.586. The van der Waals surface area contributed by atoms with E-state index in [1.54, 1.807) is 12.4 Å². The summed E-state index contributed by atoms with van der Waals surface area (Å²) in [6, 6.07) is 5.05. The second kappa shape index (κ2) is 5.26. The maximum atomic E-state index is 13.7. The zero-order chi connectivity index (χ0) is 13.2. The average molecular weight is 339 g/mol. The van der Waals surface area contributed by atoms with Crippen molar-refractivity contribution in [2.45, 2.75) is 10.8 Å². The van der Waals surface area contributed by atoms with Crippen LogP contribution < -0.4 is 0 Å². The minimum Gasteiger partial charge on any atom is -0.341 e. The number of thioether (sulfide) groups is 1. The van der Waals surface area contributed by atoms with Gasteiger partial charge in [0.25, 0.3) is 0 Å². The third-order valence-corrected chi connectivity index (χ3v) is 4.10. The molecule has 3 aromatic rings. The average Bonchev–Trinajstić information content (AvgIpc) is 2.86. The Morgan fingerprint density at radius 1 is 1.26 bits per heavy atom. The van der Waals surface area contributed by atoms with Crippen LogP contribution >= 0.6 is 27.7 Å². The number of aromatic nitrogens is 4. The van der Waals surface area contributed by atoms with Crippen molar-refractivity contribution in [3.63, 3.8) is 0 Å². The number of nitrogens with one attached hydrogen (secondary N) is 1. The summed E-state index contributed by atoms with van der Waals surface area (Å²) in [5, 5.41) is 0.768. The highest BCUT2D eigenvalue weighted by Crippen LogP contribution is 2.27. The van der Waals surface area contributed by atoms with E-state index in [0.29, 0.717) is 17.0 Å². The van der Waals surface area contributed by atoms with Gasteiger partial charge in [-0.05, 0) is 17.7 Å². The Labute approximate surface area is 121 Å². The summed E-state index contributed by atoms with van der Waals surface area (Å²) in [4.78, 5) is 15.3. The number of nitrogens with zero attached hydrogens (tertiary/aromatic N) is 3. The van der Waals surface area contributed by atoms with Crippen molar-refractivity contribution in [3.05, 3.63) is 46.7 Å². The molecule has 1 N–H and O–H groups in total. The van der Waals surface area contributed by atoms with Crippen molar-refractivity contribution < 1.29 is 4.39 Å². The topological polar surface area (TPSA) is 54.5 Å². The summed E-state index contributed by atoms with van der Waals surface area (Å²) >= 11 is 4.69. The summed E-state index contributed by atoms with van der Waals surface area (Å²) in [6.07, 6.45) is 3.03. The molecule has 2 heterocycles. The Balaban J connectivity index is 1.84. The summed E-state index contributed by atoms with van der Waals surface area (Å²) in [5.74, 6) is 0.279. The minimum absolute atomic E-state index is 0.225. The van der Waals surface area contributed by atoms with E-state index in [2.05, 4.69) is 35.9 Å². The Bertz CT molecular complexity index is 731. The fourth-order valence-corrected chi connectivity index (χ4v) is 2.91. The van der Waals surface area contributed by atoms with Crippen molar-refractivity contribution in [1.29, 1.82) is 0 Å². The Morgan fingerprint density at radius 3 is 3.00 bits per heavy atom. The van der Waals surface area contributed by atoms with Crippen LogP contribution in [0.1, 0.15) is 5.56 Å². The molecule has 0 saturated heterocycles. The Hall–Kier alpha value is -1.47. The van der Waals surface area contributed by atoms with E-state index in [1.165, 1.54) is 24.2 Å². The van der Waals surface area contributed by atoms with Crippen molar-refractivity contribution in [3.8, 4) is 0 Å². The predicted octanol–water partition coefficient (Wildman–Crippen LogP) is 3.55. The second-order valence-electron chi connectivity index (χ2n) is 3.80. The van der Waals surface area contributed by atoms with Crippen LogP contribution in [0.25, 0.3) is 11.2 Å². The molecule has 0 atom stereocenters. The molecule has 1 aromatic carbocycles. The van der Waals surface area contributed by atoms with Gasteiger partial charge in [0.15, 0.2) is 5.65 Å². The molecule has 0 amide bonds. The molecule has 0 unspecified atom stereocenters. The molecule has 0 bridgehead atoms. The fourth-order valence-electron chi connectivity index (χ4n) is 1.64. The molecule has 19 heavy (non-hydrogen) atoms. The summed E-state index contributed by atoms with van der Waals surface area (Å²) in [5.41, 5.74) is 2.04. The first-order valence-corrected chi connectivity index (χ1v) is 7.23. The van der Waals surface area contributed by atoms with Crippen LogP contribution in [0.3, 0.4) is 0 Å². The first kappa shape index (κ1) is 12.6. The normalized spacial score (nSPS) is 11.1. The summed E-state index contributed by atoms with van der Waals surface area (Å²) in [7, 11) is 0. The van der Waals surface area contributed by atoms with Gasteiger partial charge in [-0.1, -0.05) is 33.8 Å². The monoisotopic (exact) mass is 338 g/mol. The van der Waals surface area contributed by atoms with E-state index in [1.807, 2.05) is 6.07 Å². The van der Waals surface area contributed by atoms with E-state index in [-0.39, 0.29) is 5.82 Å². The van der Waals surface area contributed by atoms with Gasteiger partial charge in [-0.3, -0.25) is 0 Å². The molecule has 4 nitrogen and oxygen atoms in total. The first-order chi connectivity index (χ1) is 9.24. The number of H-pyrrole nitrogens is 1. The number of imidazole rings is 1. The predicted molar refractivity (Wildman–Crippen MR) is 75.3 cm³/mol. The molecule has 3 rings (SSSR count). The lowest BCUT2D eigenvalue weighted by molar-refractivity contribution is 0.616. The summed E-state index contributed by atoms with van der Waals surface area (Å²) in [6.45, 7) is 0. The minimum atomic E-state index is -0.225. The standard InChI is InChI=1S/C12H8BrFN4S/c13-8-2-1-7(9(14)3-8)4-19-12-10-11(16-5-15-10)17-6-18-12/h1-3,5-6H,4H2,(H,15,16,17,18). The second-order valence-corrected chi connectivity index (χ2v) is 5.68. The van der Waals surface area contributed by atoms with Crippen LogP contribution in [-0.2, 0) is 5.75 Å². The summed E-state index contributed by atoms with van der Waals surface area (Å²) < 4.78 is 14.4.